The third kappa shape index (κ3) is 3.45. The fraction of sp³-hybridized carbons (Fsp3) is 0.588. The number of hydrogen-bond donors (Lipinski definition) is 1. The minimum Gasteiger partial charge on any atom is -0.396 e. The molecule has 1 amide bonds. The number of hydrogen-bond acceptors (Lipinski definition) is 3. The molecule has 0 bridgehead atoms. The first-order chi connectivity index (χ1) is 10.7. The summed E-state index contributed by atoms with van der Waals surface area (Å²) in [5.41, 5.74) is 1.19. The lowest BCUT2D eigenvalue weighted by Gasteiger charge is -2.20. The summed E-state index contributed by atoms with van der Waals surface area (Å²) in [6, 6.07) is 7.84. The first kappa shape index (κ1) is 15.8. The first-order valence-electron chi connectivity index (χ1n) is 8.04. The molecule has 22 heavy (non-hydrogen) atoms. The molecule has 5 heteroatoms. The van der Waals surface area contributed by atoms with Crippen LogP contribution in [0.2, 0.25) is 5.02 Å². The van der Waals surface area contributed by atoms with E-state index in [1.165, 1.54) is 5.56 Å². The Morgan fingerprint density at radius 2 is 1.86 bits per heavy atom. The lowest BCUT2D eigenvalue weighted by molar-refractivity contribution is -0.131. The van der Waals surface area contributed by atoms with Crippen LogP contribution in [0.3, 0.4) is 0 Å². The molecule has 0 aliphatic carbocycles. The highest BCUT2D eigenvalue weighted by atomic mass is 35.5. The van der Waals surface area contributed by atoms with Crippen molar-refractivity contribution in [2.45, 2.75) is 18.8 Å². The van der Waals surface area contributed by atoms with Crippen molar-refractivity contribution >= 4 is 17.5 Å². The van der Waals surface area contributed by atoms with Crippen LogP contribution in [0.5, 0.6) is 0 Å². The van der Waals surface area contributed by atoms with Crippen molar-refractivity contribution in [3.8, 4) is 0 Å². The van der Waals surface area contributed by atoms with Crippen molar-refractivity contribution in [1.82, 2.24) is 9.80 Å². The van der Waals surface area contributed by atoms with Gasteiger partial charge in [-0.3, -0.25) is 9.69 Å². The number of halogens is 1. The van der Waals surface area contributed by atoms with Crippen molar-refractivity contribution < 1.29 is 9.90 Å². The second-order valence-corrected chi connectivity index (χ2v) is 6.82. The van der Waals surface area contributed by atoms with E-state index in [0.29, 0.717) is 6.54 Å². The Balaban J connectivity index is 1.63. The quantitative estimate of drug-likeness (QED) is 0.921. The predicted molar refractivity (Wildman–Crippen MR) is 87.0 cm³/mol. The monoisotopic (exact) mass is 322 g/mol. The van der Waals surface area contributed by atoms with E-state index in [1.54, 1.807) is 0 Å². The molecule has 2 fully saturated rings. The molecule has 0 radical (unpaired) electrons. The SMILES string of the molecule is O=C(CN1C[C@@H](CO)[C@H](c2ccc(Cl)cc2)C1)N1CCCC1. The fourth-order valence-electron chi connectivity index (χ4n) is 3.62. The molecule has 2 atom stereocenters. The van der Waals surface area contributed by atoms with Crippen LogP contribution >= 0.6 is 11.6 Å². The molecule has 4 nitrogen and oxygen atoms in total. The molecule has 120 valence electrons. The summed E-state index contributed by atoms with van der Waals surface area (Å²) >= 11 is 5.95. The van der Waals surface area contributed by atoms with Crippen molar-refractivity contribution in [1.29, 1.82) is 0 Å². The largest absolute Gasteiger partial charge is 0.396 e. The molecule has 0 saturated carbocycles. The molecule has 2 aliphatic heterocycles. The highest BCUT2D eigenvalue weighted by Gasteiger charge is 2.34. The highest BCUT2D eigenvalue weighted by Crippen LogP contribution is 2.33. The normalized spacial score (nSPS) is 25.8. The van der Waals surface area contributed by atoms with E-state index >= 15 is 0 Å². The molecule has 0 spiro atoms. The van der Waals surface area contributed by atoms with Gasteiger partial charge < -0.3 is 10.0 Å². The molecule has 0 unspecified atom stereocenters. The van der Waals surface area contributed by atoms with E-state index in [1.807, 2.05) is 29.2 Å². The molecular weight excluding hydrogens is 300 g/mol. The van der Waals surface area contributed by atoms with Crippen LogP contribution < -0.4 is 0 Å². The molecule has 2 heterocycles. The third-order valence-corrected chi connectivity index (χ3v) is 5.12. The molecule has 3 rings (SSSR count). The number of aliphatic hydroxyl groups is 1. The first-order valence-corrected chi connectivity index (χ1v) is 8.41. The van der Waals surface area contributed by atoms with Gasteiger partial charge in [-0.25, -0.2) is 0 Å². The van der Waals surface area contributed by atoms with Gasteiger partial charge in [-0.15, -0.1) is 0 Å². The second kappa shape index (κ2) is 6.99. The zero-order chi connectivity index (χ0) is 15.5. The van der Waals surface area contributed by atoms with E-state index in [-0.39, 0.29) is 24.3 Å². The molecule has 1 aromatic rings. The summed E-state index contributed by atoms with van der Waals surface area (Å²) in [7, 11) is 0. The third-order valence-electron chi connectivity index (χ3n) is 4.87. The average Bonchev–Trinajstić information content (AvgIpc) is 3.17. The Hall–Kier alpha value is -1.10. The van der Waals surface area contributed by atoms with Gasteiger partial charge in [0.1, 0.15) is 0 Å². The van der Waals surface area contributed by atoms with E-state index < -0.39 is 0 Å². The average molecular weight is 323 g/mol. The predicted octanol–water partition coefficient (Wildman–Crippen LogP) is 1.97. The maximum Gasteiger partial charge on any atom is 0.236 e. The number of amides is 1. The van der Waals surface area contributed by atoms with E-state index in [4.69, 9.17) is 11.6 Å². The van der Waals surface area contributed by atoms with Crippen LogP contribution in [0.15, 0.2) is 24.3 Å². The minimum absolute atomic E-state index is 0.154. The van der Waals surface area contributed by atoms with Crippen molar-refractivity contribution in [2.75, 3.05) is 39.3 Å². The molecular formula is C17H23ClN2O2. The highest BCUT2D eigenvalue weighted by molar-refractivity contribution is 6.30. The molecule has 1 N–H and O–H groups in total. The van der Waals surface area contributed by atoms with E-state index in [0.717, 1.165) is 44.0 Å². The number of aliphatic hydroxyl groups excluding tert-OH is 1. The van der Waals surface area contributed by atoms with Gasteiger partial charge in [0.15, 0.2) is 0 Å². The topological polar surface area (TPSA) is 43.8 Å². The van der Waals surface area contributed by atoms with Crippen molar-refractivity contribution in [3.63, 3.8) is 0 Å². The van der Waals surface area contributed by atoms with Crippen molar-refractivity contribution in [2.24, 2.45) is 5.92 Å². The standard InChI is InChI=1S/C17H23ClN2O2/c18-15-5-3-13(4-6-15)16-10-19(9-14(16)12-21)11-17(22)20-7-1-2-8-20/h3-6,14,16,21H,1-2,7-12H2/t14-,16-/m0/s1. The Morgan fingerprint density at radius 3 is 2.50 bits per heavy atom. The number of rotatable bonds is 4. The van der Waals surface area contributed by atoms with Gasteiger partial charge in [0.05, 0.1) is 6.54 Å². The van der Waals surface area contributed by atoms with Crippen LogP contribution in [-0.2, 0) is 4.79 Å². The summed E-state index contributed by atoms with van der Waals surface area (Å²) in [5.74, 6) is 0.687. The summed E-state index contributed by atoms with van der Waals surface area (Å²) in [6.07, 6.45) is 2.25. The molecule has 2 aliphatic rings. The van der Waals surface area contributed by atoms with Crippen LogP contribution in [0.1, 0.15) is 24.3 Å². The van der Waals surface area contributed by atoms with Gasteiger partial charge in [-0.2, -0.15) is 0 Å². The Morgan fingerprint density at radius 1 is 1.18 bits per heavy atom. The van der Waals surface area contributed by atoms with Crippen LogP contribution in [0.4, 0.5) is 0 Å². The van der Waals surface area contributed by atoms with Crippen LogP contribution in [0.25, 0.3) is 0 Å². The Bertz CT molecular complexity index is 514. The maximum absolute atomic E-state index is 12.3. The summed E-state index contributed by atoms with van der Waals surface area (Å²) in [6.45, 7) is 4.03. The summed E-state index contributed by atoms with van der Waals surface area (Å²) < 4.78 is 0. The molecule has 0 aromatic heterocycles. The lowest BCUT2D eigenvalue weighted by atomic mass is 9.90. The van der Waals surface area contributed by atoms with Gasteiger partial charge in [-0.05, 0) is 30.5 Å². The number of carbonyl (C=O) groups is 1. The van der Waals surface area contributed by atoms with E-state index in [9.17, 15) is 9.90 Å². The van der Waals surface area contributed by atoms with Gasteiger partial charge >= 0.3 is 0 Å². The van der Waals surface area contributed by atoms with Gasteiger partial charge in [0.2, 0.25) is 5.91 Å². The number of carbonyl (C=O) groups excluding carboxylic acids is 1. The van der Waals surface area contributed by atoms with Crippen molar-refractivity contribution in [3.05, 3.63) is 34.9 Å². The zero-order valence-corrected chi connectivity index (χ0v) is 13.5. The molecule has 2 saturated heterocycles. The van der Waals surface area contributed by atoms with Gasteiger partial charge in [-0.1, -0.05) is 23.7 Å². The zero-order valence-electron chi connectivity index (χ0n) is 12.7. The summed E-state index contributed by atoms with van der Waals surface area (Å²) in [5, 5.41) is 10.4. The second-order valence-electron chi connectivity index (χ2n) is 6.38. The number of benzene rings is 1. The Kier molecular flexibility index (Phi) is 5.01. The maximum atomic E-state index is 12.3. The smallest absolute Gasteiger partial charge is 0.236 e. The minimum atomic E-state index is 0.154. The Labute approximate surface area is 136 Å². The van der Waals surface area contributed by atoms with Crippen LogP contribution in [-0.4, -0.2) is 60.1 Å². The number of likely N-dealkylation sites (tertiary alicyclic amines) is 2. The van der Waals surface area contributed by atoms with Gasteiger partial charge in [0, 0.05) is 49.6 Å². The lowest BCUT2D eigenvalue weighted by Crippen LogP contribution is -2.38. The summed E-state index contributed by atoms with van der Waals surface area (Å²) in [4.78, 5) is 16.4. The van der Waals surface area contributed by atoms with E-state index in [2.05, 4.69) is 4.90 Å². The van der Waals surface area contributed by atoms with Crippen LogP contribution in [0, 0.1) is 5.92 Å². The molecule has 1 aromatic carbocycles. The van der Waals surface area contributed by atoms with Gasteiger partial charge in [0.25, 0.3) is 0 Å². The number of nitrogens with zero attached hydrogens (tertiary/aromatic N) is 2. The fourth-order valence-corrected chi connectivity index (χ4v) is 3.75.